The van der Waals surface area contributed by atoms with E-state index in [-0.39, 0.29) is 5.91 Å². The minimum Gasteiger partial charge on any atom is -0.366 e. The summed E-state index contributed by atoms with van der Waals surface area (Å²) in [4.78, 5) is 32.9. The molecule has 0 fully saturated rings. The lowest BCUT2D eigenvalue weighted by Gasteiger charge is -2.05. The van der Waals surface area contributed by atoms with Crippen molar-refractivity contribution in [3.05, 3.63) is 70.4 Å². The largest absolute Gasteiger partial charge is 0.366 e. The third kappa shape index (κ3) is 3.89. The number of hydrogen-bond acceptors (Lipinski definition) is 5. The minimum atomic E-state index is -0.494. The highest BCUT2D eigenvalue weighted by atomic mass is 32.1. The second-order valence-electron chi connectivity index (χ2n) is 5.40. The van der Waals surface area contributed by atoms with E-state index in [0.717, 1.165) is 11.3 Å². The van der Waals surface area contributed by atoms with Crippen molar-refractivity contribution < 1.29 is 9.59 Å². The van der Waals surface area contributed by atoms with Gasteiger partial charge < -0.3 is 11.1 Å². The molecule has 3 N–H and O–H groups in total. The molecule has 0 bridgehead atoms. The summed E-state index contributed by atoms with van der Waals surface area (Å²) in [6.45, 7) is 2.10. The lowest BCUT2D eigenvalue weighted by atomic mass is 10.1. The monoisotopic (exact) mass is 352 g/mol. The van der Waals surface area contributed by atoms with E-state index >= 15 is 0 Å². The number of benzene rings is 1. The molecular formula is C18H16N4O2S. The van der Waals surface area contributed by atoms with Crippen LogP contribution < -0.4 is 11.1 Å². The quantitative estimate of drug-likeness (QED) is 0.737. The first kappa shape index (κ1) is 16.8. The van der Waals surface area contributed by atoms with Crippen molar-refractivity contribution in [2.24, 2.45) is 5.73 Å². The summed E-state index contributed by atoms with van der Waals surface area (Å²) in [5.74, 6) is -0.701. The maximum Gasteiger partial charge on any atom is 0.263 e. The molecular weight excluding hydrogens is 336 g/mol. The molecule has 0 atom stereocenters. The van der Waals surface area contributed by atoms with Crippen LogP contribution in [0.2, 0.25) is 0 Å². The highest BCUT2D eigenvalue weighted by Crippen LogP contribution is 2.26. The molecule has 3 rings (SSSR count). The Morgan fingerprint density at radius 3 is 2.76 bits per heavy atom. The third-order valence-corrected chi connectivity index (χ3v) is 4.73. The van der Waals surface area contributed by atoms with E-state index in [1.165, 1.54) is 11.3 Å². The number of rotatable bonds is 5. The number of aryl methyl sites for hydroxylation is 1. The molecule has 25 heavy (non-hydrogen) atoms. The molecule has 2 aromatic heterocycles. The standard InChI is InChI=1S/C18H16N4O2S/c1-11-15(25-18(22-11)14-7-2-3-8-20-14)17(24)21-10-12-5-4-6-13(9-12)16(19)23/h2-9H,10H2,1H3,(H2,19,23)(H,21,24). The Balaban J connectivity index is 1.73. The van der Waals surface area contributed by atoms with E-state index < -0.39 is 5.91 Å². The van der Waals surface area contributed by atoms with Crippen LogP contribution in [-0.2, 0) is 6.54 Å². The lowest BCUT2D eigenvalue weighted by Crippen LogP contribution is -2.23. The summed E-state index contributed by atoms with van der Waals surface area (Å²) in [6.07, 6.45) is 1.69. The van der Waals surface area contributed by atoms with Crippen LogP contribution in [0.1, 0.15) is 31.3 Å². The van der Waals surface area contributed by atoms with Gasteiger partial charge in [-0.15, -0.1) is 11.3 Å². The Morgan fingerprint density at radius 2 is 2.04 bits per heavy atom. The molecule has 0 radical (unpaired) electrons. The molecule has 2 amide bonds. The summed E-state index contributed by atoms with van der Waals surface area (Å²) < 4.78 is 0. The number of carbonyl (C=O) groups is 2. The Hall–Kier alpha value is -3.06. The average Bonchev–Trinajstić information content (AvgIpc) is 3.02. The van der Waals surface area contributed by atoms with Crippen LogP contribution in [0.5, 0.6) is 0 Å². The second kappa shape index (κ2) is 7.23. The van der Waals surface area contributed by atoms with Gasteiger partial charge in [-0.1, -0.05) is 18.2 Å². The van der Waals surface area contributed by atoms with Gasteiger partial charge in [0, 0.05) is 18.3 Å². The normalized spacial score (nSPS) is 10.4. The summed E-state index contributed by atoms with van der Waals surface area (Å²) in [7, 11) is 0. The maximum atomic E-state index is 12.4. The average molecular weight is 352 g/mol. The Kier molecular flexibility index (Phi) is 4.85. The fourth-order valence-corrected chi connectivity index (χ4v) is 3.26. The van der Waals surface area contributed by atoms with Gasteiger partial charge in [0.05, 0.1) is 11.4 Å². The predicted octanol–water partition coefficient (Wildman–Crippen LogP) is 2.54. The number of nitrogens with one attached hydrogen (secondary N) is 1. The number of primary amides is 1. The molecule has 0 unspecified atom stereocenters. The van der Waals surface area contributed by atoms with Gasteiger partial charge in [0.25, 0.3) is 5.91 Å². The molecule has 0 spiro atoms. The molecule has 1 aromatic carbocycles. The highest BCUT2D eigenvalue weighted by Gasteiger charge is 2.16. The number of carbonyl (C=O) groups excluding carboxylic acids is 2. The van der Waals surface area contributed by atoms with Crippen molar-refractivity contribution in [2.45, 2.75) is 13.5 Å². The highest BCUT2D eigenvalue weighted by molar-refractivity contribution is 7.17. The van der Waals surface area contributed by atoms with Crippen LogP contribution in [0.25, 0.3) is 10.7 Å². The zero-order valence-electron chi connectivity index (χ0n) is 13.5. The molecule has 0 aliphatic carbocycles. The van der Waals surface area contributed by atoms with E-state index in [9.17, 15) is 9.59 Å². The zero-order valence-corrected chi connectivity index (χ0v) is 14.3. The number of nitrogens with two attached hydrogens (primary N) is 1. The van der Waals surface area contributed by atoms with Gasteiger partial charge >= 0.3 is 0 Å². The zero-order chi connectivity index (χ0) is 17.8. The van der Waals surface area contributed by atoms with E-state index in [0.29, 0.717) is 27.7 Å². The Bertz CT molecular complexity index is 922. The van der Waals surface area contributed by atoms with Crippen molar-refractivity contribution in [3.63, 3.8) is 0 Å². The van der Waals surface area contributed by atoms with Crippen LogP contribution in [0.15, 0.2) is 48.7 Å². The SMILES string of the molecule is Cc1nc(-c2ccccn2)sc1C(=O)NCc1cccc(C(N)=O)c1. The summed E-state index contributed by atoms with van der Waals surface area (Å²) in [6, 6.07) is 12.4. The van der Waals surface area contributed by atoms with Gasteiger partial charge in [0.15, 0.2) is 0 Å². The number of thiazole rings is 1. The van der Waals surface area contributed by atoms with Crippen molar-refractivity contribution in [1.82, 2.24) is 15.3 Å². The third-order valence-electron chi connectivity index (χ3n) is 3.55. The number of aromatic nitrogens is 2. The summed E-state index contributed by atoms with van der Waals surface area (Å²) >= 11 is 1.30. The first-order valence-electron chi connectivity index (χ1n) is 7.60. The lowest BCUT2D eigenvalue weighted by molar-refractivity contribution is 0.0953. The van der Waals surface area contributed by atoms with Crippen LogP contribution in [0.3, 0.4) is 0 Å². The summed E-state index contributed by atoms with van der Waals surface area (Å²) in [5, 5.41) is 3.55. The smallest absolute Gasteiger partial charge is 0.263 e. The van der Waals surface area contributed by atoms with Crippen molar-refractivity contribution in [1.29, 1.82) is 0 Å². The van der Waals surface area contributed by atoms with Gasteiger partial charge in [-0.05, 0) is 36.8 Å². The minimum absolute atomic E-state index is 0.207. The van der Waals surface area contributed by atoms with E-state index in [4.69, 9.17) is 5.73 Å². The molecule has 0 aliphatic rings. The molecule has 0 saturated carbocycles. The number of pyridine rings is 1. The maximum absolute atomic E-state index is 12.4. The molecule has 0 aliphatic heterocycles. The fourth-order valence-electron chi connectivity index (χ4n) is 2.30. The molecule has 2 heterocycles. The first-order chi connectivity index (χ1) is 12.0. The fraction of sp³-hybridized carbons (Fsp3) is 0.111. The van der Waals surface area contributed by atoms with Crippen LogP contribution >= 0.6 is 11.3 Å². The second-order valence-corrected chi connectivity index (χ2v) is 6.39. The predicted molar refractivity (Wildman–Crippen MR) is 96.2 cm³/mol. The molecule has 6 nitrogen and oxygen atoms in total. The van der Waals surface area contributed by atoms with Crippen molar-refractivity contribution >= 4 is 23.2 Å². The molecule has 7 heteroatoms. The molecule has 126 valence electrons. The summed E-state index contributed by atoms with van der Waals surface area (Å²) in [5.41, 5.74) is 7.89. The van der Waals surface area contributed by atoms with Crippen LogP contribution in [0.4, 0.5) is 0 Å². The van der Waals surface area contributed by atoms with Gasteiger partial charge in [-0.2, -0.15) is 0 Å². The van der Waals surface area contributed by atoms with E-state index in [1.807, 2.05) is 24.3 Å². The van der Waals surface area contributed by atoms with Crippen LogP contribution in [0, 0.1) is 6.92 Å². The molecule has 0 saturated heterocycles. The van der Waals surface area contributed by atoms with Crippen molar-refractivity contribution in [2.75, 3.05) is 0 Å². The Labute approximate surface area is 148 Å². The van der Waals surface area contributed by atoms with Crippen molar-refractivity contribution in [3.8, 4) is 10.7 Å². The van der Waals surface area contributed by atoms with E-state index in [1.54, 1.807) is 31.3 Å². The van der Waals surface area contributed by atoms with E-state index in [2.05, 4.69) is 15.3 Å². The van der Waals surface area contributed by atoms with Gasteiger partial charge in [0.2, 0.25) is 5.91 Å². The van der Waals surface area contributed by atoms with Gasteiger partial charge in [-0.25, -0.2) is 4.98 Å². The number of nitrogens with zero attached hydrogens (tertiary/aromatic N) is 2. The first-order valence-corrected chi connectivity index (χ1v) is 8.42. The van der Waals surface area contributed by atoms with Crippen LogP contribution in [-0.4, -0.2) is 21.8 Å². The topological polar surface area (TPSA) is 98.0 Å². The molecule has 3 aromatic rings. The number of amides is 2. The van der Waals surface area contributed by atoms with Gasteiger partial charge in [0.1, 0.15) is 9.88 Å². The number of hydrogen-bond donors (Lipinski definition) is 2. The Morgan fingerprint density at radius 1 is 1.20 bits per heavy atom. The van der Waals surface area contributed by atoms with Gasteiger partial charge in [-0.3, -0.25) is 14.6 Å².